The van der Waals surface area contributed by atoms with Crippen LogP contribution in [0.15, 0.2) is 0 Å². The summed E-state index contributed by atoms with van der Waals surface area (Å²) in [4.78, 5) is 16.8. The Labute approximate surface area is 122 Å². The van der Waals surface area contributed by atoms with Crippen molar-refractivity contribution < 1.29 is 9.53 Å². The van der Waals surface area contributed by atoms with E-state index in [0.717, 1.165) is 26.2 Å². The van der Waals surface area contributed by atoms with Gasteiger partial charge in [-0.1, -0.05) is 13.3 Å². The molecule has 2 aliphatic rings. The fourth-order valence-corrected chi connectivity index (χ4v) is 3.43. The highest BCUT2D eigenvalue weighted by atomic mass is 16.5. The lowest BCUT2D eigenvalue weighted by Crippen LogP contribution is -2.47. The van der Waals surface area contributed by atoms with E-state index >= 15 is 0 Å². The zero-order valence-electron chi connectivity index (χ0n) is 12.9. The Morgan fingerprint density at radius 3 is 2.70 bits per heavy atom. The Kier molecular flexibility index (Phi) is 6.26. The monoisotopic (exact) mass is 283 g/mol. The van der Waals surface area contributed by atoms with Crippen LogP contribution in [0.2, 0.25) is 0 Å². The first-order chi connectivity index (χ1) is 9.74. The van der Waals surface area contributed by atoms with Gasteiger partial charge in [-0.3, -0.25) is 14.6 Å². The van der Waals surface area contributed by atoms with Gasteiger partial charge in [-0.2, -0.15) is 0 Å². The fraction of sp³-hybridized carbons (Fsp3) is 0.933. The number of hydrogen-bond donors (Lipinski definition) is 1. The Bertz CT molecular complexity index is 305. The van der Waals surface area contributed by atoms with E-state index in [9.17, 15) is 4.79 Å². The van der Waals surface area contributed by atoms with Crippen LogP contribution in [-0.4, -0.2) is 74.2 Å². The summed E-state index contributed by atoms with van der Waals surface area (Å²) in [6.45, 7) is 8.29. The Morgan fingerprint density at radius 1 is 1.30 bits per heavy atom. The lowest BCUT2D eigenvalue weighted by Gasteiger charge is -2.32. The molecule has 1 N–H and O–H groups in total. The van der Waals surface area contributed by atoms with Crippen molar-refractivity contribution in [2.75, 3.05) is 46.4 Å². The maximum absolute atomic E-state index is 11.8. The van der Waals surface area contributed by atoms with Crippen molar-refractivity contribution in [1.29, 1.82) is 0 Å². The summed E-state index contributed by atoms with van der Waals surface area (Å²) in [5.41, 5.74) is 0. The number of nitrogens with zero attached hydrogens (tertiary/aromatic N) is 2. The third-order valence-corrected chi connectivity index (χ3v) is 4.53. The van der Waals surface area contributed by atoms with Crippen LogP contribution in [0.5, 0.6) is 0 Å². The molecule has 0 aromatic rings. The van der Waals surface area contributed by atoms with Gasteiger partial charge in [-0.25, -0.2) is 0 Å². The van der Waals surface area contributed by atoms with E-state index in [1.165, 1.54) is 45.9 Å². The number of likely N-dealkylation sites (tertiary alicyclic amines) is 2. The minimum Gasteiger partial charge on any atom is -0.468 e. The first kappa shape index (κ1) is 15.7. The molecular formula is C15H29N3O2. The van der Waals surface area contributed by atoms with Crippen molar-refractivity contribution in [1.82, 2.24) is 15.1 Å². The first-order valence-corrected chi connectivity index (χ1v) is 8.02. The van der Waals surface area contributed by atoms with Crippen LogP contribution in [0.1, 0.15) is 32.6 Å². The smallest absolute Gasteiger partial charge is 0.324 e. The summed E-state index contributed by atoms with van der Waals surface area (Å²) in [5, 5.41) is 3.22. The minimum absolute atomic E-state index is 0.145. The van der Waals surface area contributed by atoms with E-state index in [-0.39, 0.29) is 12.0 Å². The quantitative estimate of drug-likeness (QED) is 0.727. The van der Waals surface area contributed by atoms with Gasteiger partial charge in [0.1, 0.15) is 6.04 Å². The second kappa shape index (κ2) is 7.96. The van der Waals surface area contributed by atoms with Gasteiger partial charge in [0.25, 0.3) is 0 Å². The van der Waals surface area contributed by atoms with Crippen molar-refractivity contribution in [2.24, 2.45) is 0 Å². The molecule has 2 atom stereocenters. The number of piperidine rings is 1. The predicted molar refractivity (Wildman–Crippen MR) is 79.7 cm³/mol. The van der Waals surface area contributed by atoms with E-state index in [1.807, 2.05) is 6.92 Å². The van der Waals surface area contributed by atoms with Crippen LogP contribution < -0.4 is 5.32 Å². The summed E-state index contributed by atoms with van der Waals surface area (Å²) in [7, 11) is 1.47. The van der Waals surface area contributed by atoms with Crippen LogP contribution in [0.4, 0.5) is 0 Å². The highest BCUT2D eigenvalue weighted by Gasteiger charge is 2.31. The molecule has 2 rings (SSSR count). The number of methoxy groups -OCH3 is 1. The van der Waals surface area contributed by atoms with E-state index in [2.05, 4.69) is 15.1 Å². The molecule has 0 bridgehead atoms. The number of nitrogens with one attached hydrogen (secondary N) is 1. The molecule has 20 heavy (non-hydrogen) atoms. The molecule has 2 unspecified atom stereocenters. The van der Waals surface area contributed by atoms with Gasteiger partial charge < -0.3 is 10.1 Å². The molecule has 0 spiro atoms. The van der Waals surface area contributed by atoms with Gasteiger partial charge in [-0.15, -0.1) is 0 Å². The molecule has 0 aromatic heterocycles. The number of hydrogen-bond acceptors (Lipinski definition) is 5. The molecule has 0 radical (unpaired) electrons. The van der Waals surface area contributed by atoms with Crippen LogP contribution in [0, 0.1) is 0 Å². The second-order valence-electron chi connectivity index (χ2n) is 5.93. The van der Waals surface area contributed by atoms with Crippen molar-refractivity contribution in [3.05, 3.63) is 0 Å². The van der Waals surface area contributed by atoms with Crippen molar-refractivity contribution >= 4 is 5.97 Å². The summed E-state index contributed by atoms with van der Waals surface area (Å²) >= 11 is 0. The molecule has 116 valence electrons. The molecule has 0 aliphatic carbocycles. The van der Waals surface area contributed by atoms with Crippen LogP contribution in [0.3, 0.4) is 0 Å². The number of ether oxygens (including phenoxy) is 1. The molecule has 2 saturated heterocycles. The minimum atomic E-state index is -0.190. The summed E-state index contributed by atoms with van der Waals surface area (Å²) < 4.78 is 4.88. The third-order valence-electron chi connectivity index (χ3n) is 4.53. The summed E-state index contributed by atoms with van der Waals surface area (Å²) in [6, 6.07) is 0.500. The lowest BCUT2D eigenvalue weighted by atomic mass is 10.1. The second-order valence-corrected chi connectivity index (χ2v) is 5.93. The van der Waals surface area contributed by atoms with Gasteiger partial charge in [0.2, 0.25) is 0 Å². The highest BCUT2D eigenvalue weighted by Crippen LogP contribution is 2.20. The molecular weight excluding hydrogens is 254 g/mol. The SMILES string of the molecule is CCNC(CN1CCC(N2CCCCC2)C1)C(=O)OC. The Hall–Kier alpha value is -0.650. The van der Waals surface area contributed by atoms with Crippen molar-refractivity contribution in [2.45, 2.75) is 44.7 Å². The van der Waals surface area contributed by atoms with Gasteiger partial charge in [0.15, 0.2) is 0 Å². The lowest BCUT2D eigenvalue weighted by molar-refractivity contribution is -0.143. The molecule has 2 heterocycles. The van der Waals surface area contributed by atoms with Crippen molar-refractivity contribution in [3.8, 4) is 0 Å². The zero-order chi connectivity index (χ0) is 14.4. The predicted octanol–water partition coefficient (Wildman–Crippen LogP) is 0.698. The van der Waals surface area contributed by atoms with E-state index < -0.39 is 0 Å². The molecule has 2 fully saturated rings. The normalized spacial score (nSPS) is 26.6. The molecule has 0 amide bonds. The summed E-state index contributed by atoms with van der Waals surface area (Å²) in [6.07, 6.45) is 5.31. The van der Waals surface area contributed by atoms with Crippen LogP contribution in [-0.2, 0) is 9.53 Å². The van der Waals surface area contributed by atoms with Gasteiger partial charge >= 0.3 is 5.97 Å². The highest BCUT2D eigenvalue weighted by molar-refractivity contribution is 5.75. The van der Waals surface area contributed by atoms with E-state index in [0.29, 0.717) is 6.04 Å². The largest absolute Gasteiger partial charge is 0.468 e. The zero-order valence-corrected chi connectivity index (χ0v) is 12.9. The number of esters is 1. The summed E-state index contributed by atoms with van der Waals surface area (Å²) in [5.74, 6) is -0.145. The average molecular weight is 283 g/mol. The van der Waals surface area contributed by atoms with E-state index in [4.69, 9.17) is 4.74 Å². The molecule has 2 aliphatic heterocycles. The van der Waals surface area contributed by atoms with E-state index in [1.54, 1.807) is 0 Å². The van der Waals surface area contributed by atoms with Crippen LogP contribution >= 0.6 is 0 Å². The number of carbonyl (C=O) groups excluding carboxylic acids is 1. The Balaban J connectivity index is 1.80. The molecule has 0 aromatic carbocycles. The number of carbonyl (C=O) groups is 1. The van der Waals surface area contributed by atoms with Gasteiger partial charge in [-0.05, 0) is 45.4 Å². The van der Waals surface area contributed by atoms with Gasteiger partial charge in [0, 0.05) is 19.1 Å². The Morgan fingerprint density at radius 2 is 2.05 bits per heavy atom. The standard InChI is InChI=1S/C15H29N3O2/c1-3-16-14(15(19)20-2)12-17-10-7-13(11-17)18-8-5-4-6-9-18/h13-14,16H,3-12H2,1-2H3. The first-order valence-electron chi connectivity index (χ1n) is 8.02. The maximum Gasteiger partial charge on any atom is 0.324 e. The topological polar surface area (TPSA) is 44.8 Å². The average Bonchev–Trinajstić information content (AvgIpc) is 2.95. The number of likely N-dealkylation sites (N-methyl/N-ethyl adjacent to an activating group) is 1. The molecule has 0 saturated carbocycles. The molecule has 5 heteroatoms. The van der Waals surface area contributed by atoms with Crippen molar-refractivity contribution in [3.63, 3.8) is 0 Å². The molecule has 5 nitrogen and oxygen atoms in total. The maximum atomic E-state index is 11.8. The van der Waals surface area contributed by atoms with Crippen LogP contribution in [0.25, 0.3) is 0 Å². The number of rotatable bonds is 6. The third kappa shape index (κ3) is 4.17. The fourth-order valence-electron chi connectivity index (χ4n) is 3.43. The van der Waals surface area contributed by atoms with Gasteiger partial charge in [0.05, 0.1) is 7.11 Å².